The minimum absolute atomic E-state index is 0.0101. The maximum atomic E-state index is 13.7. The average molecular weight is 835 g/mol. The summed E-state index contributed by atoms with van der Waals surface area (Å²) in [5.74, 6) is -1.02. The number of imide groups is 1. The van der Waals surface area contributed by atoms with E-state index in [-0.39, 0.29) is 61.0 Å². The van der Waals surface area contributed by atoms with E-state index in [2.05, 4.69) is 19.9 Å². The first-order valence-electron chi connectivity index (χ1n) is 17.4. The van der Waals surface area contributed by atoms with Gasteiger partial charge in [0.05, 0.1) is 78.3 Å². The van der Waals surface area contributed by atoms with Crippen LogP contribution in [0.25, 0.3) is 44.6 Å². The highest BCUT2D eigenvalue weighted by molar-refractivity contribution is 6.33. The van der Waals surface area contributed by atoms with Gasteiger partial charge < -0.3 is 5.11 Å². The van der Waals surface area contributed by atoms with E-state index in [1.165, 1.54) is 31.2 Å². The van der Waals surface area contributed by atoms with Crippen molar-refractivity contribution in [2.45, 2.75) is 38.3 Å². The van der Waals surface area contributed by atoms with E-state index in [4.69, 9.17) is 23.2 Å². The monoisotopic (exact) mass is 833 g/mol. The Labute approximate surface area is 335 Å². The molecule has 1 N–H and O–H groups in total. The number of halogens is 8. The maximum Gasteiger partial charge on any atom is 0.418 e. The highest BCUT2D eigenvalue weighted by atomic mass is 35.5. The van der Waals surface area contributed by atoms with Crippen LogP contribution in [-0.2, 0) is 12.4 Å². The Kier molecular flexibility index (Phi) is 10.7. The molecule has 2 unspecified atom stereocenters. The fourth-order valence-corrected chi connectivity index (χ4v) is 7.06. The first kappa shape index (κ1) is 40.2. The smallest absolute Gasteiger partial charge is 0.387 e. The van der Waals surface area contributed by atoms with E-state index in [1.807, 2.05) is 0 Å². The number of carbonyl (C=O) groups excluding carboxylic acids is 2. The van der Waals surface area contributed by atoms with E-state index in [0.717, 1.165) is 17.0 Å². The van der Waals surface area contributed by atoms with Gasteiger partial charge in [-0.15, -0.1) is 0 Å². The van der Waals surface area contributed by atoms with Crippen LogP contribution in [-0.4, -0.2) is 41.8 Å². The van der Waals surface area contributed by atoms with Crippen LogP contribution in [0.4, 0.5) is 26.3 Å². The molecular weight excluding hydrogens is 807 g/mol. The molecule has 58 heavy (non-hydrogen) atoms. The molecule has 8 nitrogen and oxygen atoms in total. The highest BCUT2D eigenvalue weighted by Gasteiger charge is 2.41. The summed E-state index contributed by atoms with van der Waals surface area (Å²) in [5.41, 5.74) is -0.561. The highest BCUT2D eigenvalue weighted by Crippen LogP contribution is 2.41. The van der Waals surface area contributed by atoms with Gasteiger partial charge in [0.15, 0.2) is 0 Å². The number of hydrogen-bond donors (Lipinski definition) is 1. The zero-order chi connectivity index (χ0) is 41.7. The lowest BCUT2D eigenvalue weighted by Gasteiger charge is -2.24. The molecular formula is C42H27Cl2F6N5O3. The first-order chi connectivity index (χ1) is 27.5. The van der Waals surface area contributed by atoms with Crippen molar-refractivity contribution in [3.8, 4) is 22.5 Å². The molecule has 1 aliphatic heterocycles. The van der Waals surface area contributed by atoms with E-state index >= 15 is 0 Å². The van der Waals surface area contributed by atoms with Crippen LogP contribution in [0.5, 0.6) is 0 Å². The molecule has 0 saturated heterocycles. The molecule has 0 aliphatic carbocycles. The SMILES string of the molecule is CC(O)c1nc2cccc(C(F)(F)F)c2nc1-c1ccccc1Cl.CC(c1nc2cccc(C(F)(F)F)c2nc1-c1ccccc1Cl)N1C(=O)c2ccccc2C1=O. The van der Waals surface area contributed by atoms with Crippen LogP contribution in [0, 0.1) is 0 Å². The lowest BCUT2D eigenvalue weighted by Crippen LogP contribution is -2.33. The third kappa shape index (κ3) is 7.46. The normalized spacial score (nSPS) is 14.0. The third-order valence-electron chi connectivity index (χ3n) is 9.32. The molecule has 2 aromatic heterocycles. The average Bonchev–Trinajstić information content (AvgIpc) is 3.44. The van der Waals surface area contributed by atoms with Crippen molar-refractivity contribution >= 4 is 57.1 Å². The van der Waals surface area contributed by atoms with Crippen LogP contribution < -0.4 is 0 Å². The number of aliphatic hydroxyl groups excluding tert-OH is 1. The number of para-hydroxylation sites is 2. The number of nitrogens with zero attached hydrogens (tertiary/aromatic N) is 5. The van der Waals surface area contributed by atoms with Crippen molar-refractivity contribution in [3.63, 3.8) is 0 Å². The summed E-state index contributed by atoms with van der Waals surface area (Å²) in [4.78, 5) is 44.4. The van der Waals surface area contributed by atoms with Crippen LogP contribution in [0.15, 0.2) is 109 Å². The van der Waals surface area contributed by atoms with Crippen LogP contribution in [0.3, 0.4) is 0 Å². The summed E-state index contributed by atoms with van der Waals surface area (Å²) in [7, 11) is 0. The van der Waals surface area contributed by atoms with Gasteiger partial charge in [0.25, 0.3) is 11.8 Å². The lowest BCUT2D eigenvalue weighted by atomic mass is 10.0. The Balaban J connectivity index is 0.000000188. The molecule has 0 fully saturated rings. The number of hydrogen-bond acceptors (Lipinski definition) is 7. The van der Waals surface area contributed by atoms with Crippen LogP contribution >= 0.6 is 23.2 Å². The second kappa shape index (κ2) is 15.4. The largest absolute Gasteiger partial charge is 0.418 e. The molecule has 294 valence electrons. The fourth-order valence-electron chi connectivity index (χ4n) is 6.61. The van der Waals surface area contributed by atoms with Gasteiger partial charge in [-0.25, -0.2) is 19.9 Å². The van der Waals surface area contributed by atoms with Gasteiger partial charge in [0.2, 0.25) is 0 Å². The number of rotatable bonds is 5. The Bertz CT molecular complexity index is 2730. The van der Waals surface area contributed by atoms with Crippen molar-refractivity contribution in [1.82, 2.24) is 24.8 Å². The Morgan fingerprint density at radius 3 is 1.31 bits per heavy atom. The summed E-state index contributed by atoms with van der Waals surface area (Å²) >= 11 is 12.5. The molecule has 0 saturated carbocycles. The second-order valence-corrected chi connectivity index (χ2v) is 13.9. The quantitative estimate of drug-likeness (QED) is 0.136. The number of aromatic nitrogens is 4. The van der Waals surface area contributed by atoms with Crippen molar-refractivity contribution in [3.05, 3.63) is 153 Å². The molecule has 0 bridgehead atoms. The molecule has 0 radical (unpaired) electrons. The van der Waals surface area contributed by atoms with Gasteiger partial charge in [-0.1, -0.05) is 83.9 Å². The van der Waals surface area contributed by atoms with Gasteiger partial charge >= 0.3 is 12.4 Å². The summed E-state index contributed by atoms with van der Waals surface area (Å²) in [6.45, 7) is 3.06. The predicted octanol–water partition coefficient (Wildman–Crippen LogP) is 11.3. The van der Waals surface area contributed by atoms with Gasteiger partial charge in [0.1, 0.15) is 11.0 Å². The van der Waals surface area contributed by atoms with Gasteiger partial charge in [-0.05, 0) is 62.4 Å². The summed E-state index contributed by atoms with van der Waals surface area (Å²) in [6, 6.07) is 25.9. The third-order valence-corrected chi connectivity index (χ3v) is 9.98. The first-order valence-corrected chi connectivity index (χ1v) is 18.1. The zero-order valence-corrected chi connectivity index (χ0v) is 31.6. The summed E-state index contributed by atoms with van der Waals surface area (Å²) < 4.78 is 80.8. The van der Waals surface area contributed by atoms with E-state index in [0.29, 0.717) is 16.1 Å². The molecule has 5 aromatic carbocycles. The lowest BCUT2D eigenvalue weighted by molar-refractivity contribution is -0.137. The second-order valence-electron chi connectivity index (χ2n) is 13.1. The topological polar surface area (TPSA) is 109 Å². The molecule has 2 amide bonds. The van der Waals surface area contributed by atoms with Crippen LogP contribution in [0.1, 0.15) is 69.2 Å². The minimum Gasteiger partial charge on any atom is -0.387 e. The Hall–Kier alpha value is -5.96. The fraction of sp³-hybridized carbons (Fsp3) is 0.143. The molecule has 1 aliphatic rings. The van der Waals surface area contributed by atoms with Gasteiger partial charge in [-0.2, -0.15) is 26.3 Å². The maximum absolute atomic E-state index is 13.7. The minimum atomic E-state index is -4.65. The molecule has 3 heterocycles. The zero-order valence-electron chi connectivity index (χ0n) is 30.1. The molecule has 0 spiro atoms. The van der Waals surface area contributed by atoms with Crippen molar-refractivity contribution < 1.29 is 41.0 Å². The number of fused-ring (bicyclic) bond motifs is 3. The van der Waals surface area contributed by atoms with Gasteiger partial charge in [0, 0.05) is 11.1 Å². The van der Waals surface area contributed by atoms with Gasteiger partial charge in [-0.3, -0.25) is 14.5 Å². The number of aliphatic hydroxyl groups is 1. The number of benzene rings is 5. The van der Waals surface area contributed by atoms with E-state index < -0.39 is 47.4 Å². The summed E-state index contributed by atoms with van der Waals surface area (Å²) in [5, 5.41) is 10.5. The number of amides is 2. The van der Waals surface area contributed by atoms with Crippen molar-refractivity contribution in [1.29, 1.82) is 0 Å². The molecule has 2 atom stereocenters. The standard InChI is InChI=1S/C25H15ClF3N3O2.C17H12ClF3N2O/c1-13(32-23(33)14-7-2-3-8-15(14)24(32)34)20-21(16-9-4-5-11-18(16)26)31-22-17(25(27,28)29)10-6-12-19(22)30-20;1-9(24)14-15(10-5-2-3-7-12(10)18)23-16-11(17(19,20)21)6-4-8-13(16)22-14/h2-13H,1H3;2-9,24H,1H3. The number of alkyl halides is 6. The number of carbonyl (C=O) groups is 2. The van der Waals surface area contributed by atoms with Crippen molar-refractivity contribution in [2.75, 3.05) is 0 Å². The van der Waals surface area contributed by atoms with E-state index in [1.54, 1.807) is 79.7 Å². The summed E-state index contributed by atoms with van der Waals surface area (Å²) in [6.07, 6.45) is -10.2. The van der Waals surface area contributed by atoms with Crippen molar-refractivity contribution in [2.24, 2.45) is 0 Å². The Morgan fingerprint density at radius 2 is 0.914 bits per heavy atom. The molecule has 8 rings (SSSR count). The molecule has 16 heteroatoms. The molecule has 7 aromatic rings. The van der Waals surface area contributed by atoms with Crippen LogP contribution in [0.2, 0.25) is 10.0 Å². The van der Waals surface area contributed by atoms with E-state index in [9.17, 15) is 41.0 Å². The Morgan fingerprint density at radius 1 is 0.534 bits per heavy atom. The predicted molar refractivity (Wildman–Crippen MR) is 206 cm³/mol.